The van der Waals surface area contributed by atoms with Crippen LogP contribution in [0.25, 0.3) is 0 Å². The first-order valence-corrected chi connectivity index (χ1v) is 21.5. The molecule has 0 aromatic heterocycles. The molecule has 9 atom stereocenters. The van der Waals surface area contributed by atoms with Gasteiger partial charge in [0.2, 0.25) is 11.8 Å². The van der Waals surface area contributed by atoms with Gasteiger partial charge in [-0.3, -0.25) is 28.9 Å². The number of ether oxygens (including phenoxy) is 3. The summed E-state index contributed by atoms with van der Waals surface area (Å²) in [6.07, 6.45) is 0.961. The van der Waals surface area contributed by atoms with Crippen molar-refractivity contribution >= 4 is 29.4 Å². The van der Waals surface area contributed by atoms with Crippen LogP contribution in [0, 0.1) is 35.5 Å². The van der Waals surface area contributed by atoms with E-state index in [0.717, 1.165) is 18.4 Å². The molecule has 1 aliphatic heterocycles. The fraction of sp³-hybridized carbons (Fsp3) is 0.756. The lowest BCUT2D eigenvalue weighted by Crippen LogP contribution is -2.54. The largest absolute Gasteiger partial charge is 0.481 e. The number of hydrogen-bond acceptors (Lipinski definition) is 11. The van der Waals surface area contributed by atoms with Crippen molar-refractivity contribution in [2.75, 3.05) is 61.2 Å². The first-order valence-electron chi connectivity index (χ1n) is 21.5. The summed E-state index contributed by atoms with van der Waals surface area (Å²) in [7, 11) is 6.72. The minimum atomic E-state index is -1.03. The quantitative estimate of drug-likeness (QED) is 0.0826. The van der Waals surface area contributed by atoms with Crippen molar-refractivity contribution in [3.05, 3.63) is 35.9 Å². The van der Waals surface area contributed by atoms with Gasteiger partial charge < -0.3 is 34.0 Å². The average molecular weight is 833 g/mol. The van der Waals surface area contributed by atoms with Crippen molar-refractivity contribution in [1.82, 2.24) is 14.7 Å². The van der Waals surface area contributed by atoms with Crippen LogP contribution in [-0.2, 0) is 49.4 Å². The standard InChI is InChI=1S/C45H76N4O10/c1-12-31(6)42(48(9)44(53)35(29(2)3)27-38(51)41(30(4)5)47(8)21-22-58-23-24-59-46)39(56-10)28-40(52)49-20-16-19-36(49)43(57-11)32(7)37(50)26-34(45(54)55)25-33-17-14-13-15-18-33/h13-15,17-18,29-32,34-36,39,41-43H,12,16,19-28,46H2,1-11H3,(H,54,55)/t31-,32-,34+,35+,36-,39+,41-,42-,43+/m0/s1. The molecule has 14 nitrogen and oxygen atoms in total. The lowest BCUT2D eigenvalue weighted by atomic mass is 9.83. The number of ketones is 2. The lowest BCUT2D eigenvalue weighted by Gasteiger charge is -2.41. The molecule has 336 valence electrons. The second kappa shape index (κ2) is 26.2. The van der Waals surface area contributed by atoms with E-state index in [-0.39, 0.29) is 73.4 Å². The van der Waals surface area contributed by atoms with Crippen LogP contribution >= 0.6 is 0 Å². The van der Waals surface area contributed by atoms with Crippen molar-refractivity contribution in [2.24, 2.45) is 41.4 Å². The number of Topliss-reactive ketones (excluding diaryl/α,β-unsaturated/α-hetero) is 2. The molecule has 0 unspecified atom stereocenters. The van der Waals surface area contributed by atoms with E-state index in [1.807, 2.05) is 83.8 Å². The zero-order valence-electron chi connectivity index (χ0n) is 37.8. The first kappa shape index (κ1) is 51.9. The topological polar surface area (TPSA) is 178 Å². The molecular weight excluding hydrogens is 757 g/mol. The number of methoxy groups -OCH3 is 2. The molecule has 1 aromatic carbocycles. The Balaban J connectivity index is 2.25. The summed E-state index contributed by atoms with van der Waals surface area (Å²) < 4.78 is 17.6. The molecule has 1 saturated heterocycles. The van der Waals surface area contributed by atoms with Gasteiger partial charge in [-0.25, -0.2) is 5.90 Å². The van der Waals surface area contributed by atoms with E-state index >= 15 is 0 Å². The van der Waals surface area contributed by atoms with Crippen molar-refractivity contribution in [3.8, 4) is 0 Å². The van der Waals surface area contributed by atoms with Crippen molar-refractivity contribution in [3.63, 3.8) is 0 Å². The summed E-state index contributed by atoms with van der Waals surface area (Å²) in [6.45, 7) is 15.8. The number of hydrogen-bond donors (Lipinski definition) is 2. The van der Waals surface area contributed by atoms with Gasteiger partial charge in [0.15, 0.2) is 5.78 Å². The van der Waals surface area contributed by atoms with Gasteiger partial charge in [0.1, 0.15) is 5.78 Å². The van der Waals surface area contributed by atoms with Gasteiger partial charge in [0, 0.05) is 59.0 Å². The van der Waals surface area contributed by atoms with E-state index in [1.54, 1.807) is 30.9 Å². The summed E-state index contributed by atoms with van der Waals surface area (Å²) >= 11 is 0. The molecule has 1 heterocycles. The Morgan fingerprint density at radius 1 is 0.881 bits per heavy atom. The molecule has 0 bridgehead atoms. The number of aliphatic carboxylic acids is 1. The zero-order valence-corrected chi connectivity index (χ0v) is 37.8. The number of rotatable bonds is 29. The SMILES string of the molecule is CC[C@H](C)[C@@H]([C@@H](CC(=O)N1CCC[C@H]1[C@H](OC)[C@@H](C)C(=O)C[C@@H](Cc1ccccc1)C(=O)O)OC)N(C)C(=O)[C@H](CC(=O)[C@H](C(C)C)N(C)CCOCCON)C(C)C. The Kier molecular flexibility index (Phi) is 23.0. The fourth-order valence-corrected chi connectivity index (χ4v) is 8.80. The third-order valence-corrected chi connectivity index (χ3v) is 12.4. The van der Waals surface area contributed by atoms with Crippen LogP contribution in [0.2, 0.25) is 0 Å². The third kappa shape index (κ3) is 15.3. The summed E-state index contributed by atoms with van der Waals surface area (Å²) in [5, 5.41) is 9.97. The van der Waals surface area contributed by atoms with Gasteiger partial charge in [-0.2, -0.15) is 0 Å². The maximum Gasteiger partial charge on any atom is 0.307 e. The number of carbonyl (C=O) groups is 5. The molecule has 1 fully saturated rings. The first-order chi connectivity index (χ1) is 27.9. The number of nitrogens with two attached hydrogens (primary N) is 1. The molecule has 0 spiro atoms. The summed E-state index contributed by atoms with van der Waals surface area (Å²) in [5.74, 6) is 1.20. The minimum Gasteiger partial charge on any atom is -0.481 e. The molecule has 1 aliphatic rings. The third-order valence-electron chi connectivity index (χ3n) is 12.4. The second-order valence-electron chi connectivity index (χ2n) is 17.2. The summed E-state index contributed by atoms with van der Waals surface area (Å²) in [6, 6.07) is 7.99. The van der Waals surface area contributed by atoms with Crippen LogP contribution in [-0.4, -0.2) is 141 Å². The number of likely N-dealkylation sites (tertiary alicyclic amines) is 1. The van der Waals surface area contributed by atoms with Crippen molar-refractivity contribution in [2.45, 2.75) is 124 Å². The number of amides is 2. The highest BCUT2D eigenvalue weighted by molar-refractivity contribution is 5.90. The Morgan fingerprint density at radius 3 is 2.08 bits per heavy atom. The van der Waals surface area contributed by atoms with Gasteiger partial charge in [0.05, 0.1) is 62.5 Å². The predicted molar refractivity (Wildman–Crippen MR) is 227 cm³/mol. The maximum absolute atomic E-state index is 14.5. The maximum atomic E-state index is 14.5. The van der Waals surface area contributed by atoms with E-state index in [1.165, 1.54) is 7.11 Å². The normalized spacial score (nSPS) is 18.6. The van der Waals surface area contributed by atoms with Crippen molar-refractivity contribution < 1.29 is 48.1 Å². The molecular formula is C45H76N4O10. The predicted octanol–water partition coefficient (Wildman–Crippen LogP) is 4.90. The van der Waals surface area contributed by atoms with Gasteiger partial charge >= 0.3 is 5.97 Å². The average Bonchev–Trinajstić information content (AvgIpc) is 3.68. The molecule has 0 aliphatic carbocycles. The minimum absolute atomic E-state index is 0.00151. The summed E-state index contributed by atoms with van der Waals surface area (Å²) in [4.78, 5) is 78.6. The van der Waals surface area contributed by atoms with Gasteiger partial charge in [-0.05, 0) is 49.6 Å². The van der Waals surface area contributed by atoms with E-state index in [2.05, 4.69) is 4.84 Å². The zero-order chi connectivity index (χ0) is 44.4. The molecule has 0 saturated carbocycles. The number of carbonyl (C=O) groups excluding carboxylic acids is 4. The number of benzene rings is 1. The highest BCUT2D eigenvalue weighted by Crippen LogP contribution is 2.32. The van der Waals surface area contributed by atoms with E-state index in [9.17, 15) is 29.1 Å². The van der Waals surface area contributed by atoms with E-state index < -0.39 is 54.1 Å². The molecule has 0 radical (unpaired) electrons. The fourth-order valence-electron chi connectivity index (χ4n) is 8.80. The Hall–Kier alpha value is -3.27. The number of carboxylic acid groups (broad SMARTS) is 1. The molecule has 1 aromatic rings. The highest BCUT2D eigenvalue weighted by Gasteiger charge is 2.43. The van der Waals surface area contributed by atoms with Crippen LogP contribution in [0.1, 0.15) is 92.6 Å². The van der Waals surface area contributed by atoms with Gasteiger partial charge in [0.25, 0.3) is 0 Å². The molecule has 2 rings (SSSR count). The number of likely N-dealkylation sites (N-methyl/N-ethyl adjacent to an activating group) is 2. The molecule has 3 N–H and O–H groups in total. The molecule has 14 heteroatoms. The van der Waals surface area contributed by atoms with Gasteiger partial charge in [-0.1, -0.05) is 85.2 Å². The molecule has 59 heavy (non-hydrogen) atoms. The monoisotopic (exact) mass is 833 g/mol. The van der Waals surface area contributed by atoms with Crippen LogP contribution in [0.5, 0.6) is 0 Å². The number of nitrogens with zero attached hydrogens (tertiary/aromatic N) is 3. The second-order valence-corrected chi connectivity index (χ2v) is 17.2. The smallest absolute Gasteiger partial charge is 0.307 e. The molecule has 2 amide bonds. The Morgan fingerprint density at radius 2 is 1.54 bits per heavy atom. The summed E-state index contributed by atoms with van der Waals surface area (Å²) in [5.41, 5.74) is 0.844. The van der Waals surface area contributed by atoms with Gasteiger partial charge in [-0.15, -0.1) is 0 Å². The van der Waals surface area contributed by atoms with E-state index in [0.29, 0.717) is 32.7 Å². The number of carboxylic acids is 1. The Bertz CT molecular complexity index is 1440. The van der Waals surface area contributed by atoms with Crippen LogP contribution in [0.4, 0.5) is 0 Å². The van der Waals surface area contributed by atoms with Crippen LogP contribution < -0.4 is 5.90 Å². The van der Waals surface area contributed by atoms with Crippen LogP contribution in [0.15, 0.2) is 30.3 Å². The van der Waals surface area contributed by atoms with Crippen LogP contribution in [0.3, 0.4) is 0 Å². The van der Waals surface area contributed by atoms with E-state index in [4.69, 9.17) is 20.1 Å². The lowest BCUT2D eigenvalue weighted by molar-refractivity contribution is -0.149. The Labute approximate surface area is 353 Å². The highest BCUT2D eigenvalue weighted by atomic mass is 16.6. The van der Waals surface area contributed by atoms with Crippen molar-refractivity contribution in [1.29, 1.82) is 0 Å².